The number of aliphatic carboxylic acids is 1. The maximum Gasteiger partial charge on any atom is 0.303 e. The number of anilines is 2. The van der Waals surface area contributed by atoms with Crippen molar-refractivity contribution in [1.82, 2.24) is 0 Å². The summed E-state index contributed by atoms with van der Waals surface area (Å²) in [6.07, 6.45) is -0.328. The summed E-state index contributed by atoms with van der Waals surface area (Å²) in [7, 11) is 0. The number of benzene rings is 1. The molecule has 21 heavy (non-hydrogen) atoms. The van der Waals surface area contributed by atoms with Crippen LogP contribution in [0.4, 0.5) is 11.4 Å². The second-order valence-corrected chi connectivity index (χ2v) is 5.22. The molecule has 112 valence electrons. The van der Waals surface area contributed by atoms with Gasteiger partial charge in [0, 0.05) is 18.2 Å². The van der Waals surface area contributed by atoms with E-state index in [1.54, 1.807) is 32.0 Å². The predicted molar refractivity (Wildman–Crippen MR) is 75.3 cm³/mol. The molecule has 1 aliphatic heterocycles. The predicted octanol–water partition coefficient (Wildman–Crippen LogP) is 1.60. The lowest BCUT2D eigenvalue weighted by atomic mass is 10.1. The second kappa shape index (κ2) is 5.43. The molecule has 0 spiro atoms. The number of carboxylic acids is 1. The maximum absolute atomic E-state index is 11.7. The van der Waals surface area contributed by atoms with Crippen molar-refractivity contribution in [3.63, 3.8) is 0 Å². The molecule has 0 bridgehead atoms. The van der Waals surface area contributed by atoms with Gasteiger partial charge in [0.2, 0.25) is 5.91 Å². The fraction of sp³-hybridized carbons (Fsp3) is 0.357. The molecule has 0 saturated heterocycles. The van der Waals surface area contributed by atoms with Gasteiger partial charge in [-0.25, -0.2) is 0 Å². The van der Waals surface area contributed by atoms with Gasteiger partial charge in [-0.1, -0.05) is 0 Å². The van der Waals surface area contributed by atoms with Gasteiger partial charge >= 0.3 is 5.97 Å². The molecule has 0 fully saturated rings. The Morgan fingerprint density at radius 3 is 2.71 bits per heavy atom. The highest BCUT2D eigenvalue weighted by Crippen LogP contribution is 2.35. The smallest absolute Gasteiger partial charge is 0.303 e. The lowest BCUT2D eigenvalue weighted by molar-refractivity contribution is -0.138. The Bertz CT molecular complexity index is 609. The molecule has 0 aromatic heterocycles. The van der Waals surface area contributed by atoms with E-state index in [0.29, 0.717) is 17.1 Å². The van der Waals surface area contributed by atoms with Gasteiger partial charge in [0.05, 0.1) is 12.1 Å². The van der Waals surface area contributed by atoms with Crippen molar-refractivity contribution in [2.45, 2.75) is 32.3 Å². The third kappa shape index (κ3) is 3.50. The lowest BCUT2D eigenvalue weighted by Gasteiger charge is -2.31. The van der Waals surface area contributed by atoms with Crippen molar-refractivity contribution in [1.29, 1.82) is 0 Å². The summed E-state index contributed by atoms with van der Waals surface area (Å²) in [6, 6.07) is 4.82. The molecule has 0 unspecified atom stereocenters. The first-order valence-electron chi connectivity index (χ1n) is 6.44. The molecular formula is C14H16N2O5. The first kappa shape index (κ1) is 14.8. The molecule has 3 N–H and O–H groups in total. The van der Waals surface area contributed by atoms with Crippen LogP contribution in [0.2, 0.25) is 0 Å². The average Bonchev–Trinajstić information content (AvgIpc) is 2.37. The van der Waals surface area contributed by atoms with E-state index in [4.69, 9.17) is 9.84 Å². The molecule has 0 atom stereocenters. The molecule has 2 rings (SSSR count). The van der Waals surface area contributed by atoms with Gasteiger partial charge in [-0.15, -0.1) is 0 Å². The Labute approximate surface area is 121 Å². The summed E-state index contributed by atoms with van der Waals surface area (Å²) in [5.74, 6) is -1.20. The third-order valence-corrected chi connectivity index (χ3v) is 2.99. The van der Waals surface area contributed by atoms with Crippen LogP contribution in [0.1, 0.15) is 26.7 Å². The number of carbonyl (C=O) groups is 3. The quantitative estimate of drug-likeness (QED) is 0.781. The van der Waals surface area contributed by atoms with E-state index in [2.05, 4.69) is 10.6 Å². The monoisotopic (exact) mass is 292 g/mol. The number of rotatable bonds is 4. The third-order valence-electron chi connectivity index (χ3n) is 2.99. The van der Waals surface area contributed by atoms with Crippen LogP contribution in [0.25, 0.3) is 0 Å². The largest absolute Gasteiger partial charge is 0.481 e. The summed E-state index contributed by atoms with van der Waals surface area (Å²) >= 11 is 0. The van der Waals surface area contributed by atoms with E-state index in [1.165, 1.54) is 0 Å². The Morgan fingerprint density at radius 1 is 1.33 bits per heavy atom. The first-order valence-corrected chi connectivity index (χ1v) is 6.44. The zero-order valence-electron chi connectivity index (χ0n) is 11.7. The van der Waals surface area contributed by atoms with Crippen molar-refractivity contribution in [3.8, 4) is 5.75 Å². The lowest BCUT2D eigenvalue weighted by Crippen LogP contribution is -2.45. The van der Waals surface area contributed by atoms with E-state index < -0.39 is 17.5 Å². The van der Waals surface area contributed by atoms with Crippen molar-refractivity contribution in [3.05, 3.63) is 18.2 Å². The zero-order valence-corrected chi connectivity index (χ0v) is 11.7. The van der Waals surface area contributed by atoms with Crippen molar-refractivity contribution in [2.24, 2.45) is 0 Å². The van der Waals surface area contributed by atoms with Gasteiger partial charge in [0.1, 0.15) is 5.75 Å². The van der Waals surface area contributed by atoms with Crippen molar-refractivity contribution < 1.29 is 24.2 Å². The fourth-order valence-electron chi connectivity index (χ4n) is 1.83. The van der Waals surface area contributed by atoms with Crippen LogP contribution in [0.15, 0.2) is 18.2 Å². The molecule has 1 aromatic carbocycles. The summed E-state index contributed by atoms with van der Waals surface area (Å²) in [5.41, 5.74) is 0.0258. The minimum atomic E-state index is -1.02. The molecule has 0 radical (unpaired) electrons. The number of carboxylic acid groups (broad SMARTS) is 1. The first-order chi connectivity index (χ1) is 9.78. The number of amides is 2. The number of fused-ring (bicyclic) bond motifs is 1. The molecule has 1 heterocycles. The normalized spacial score (nSPS) is 15.4. The number of hydrogen-bond donors (Lipinski definition) is 3. The molecule has 1 aliphatic rings. The van der Waals surface area contributed by atoms with Crippen LogP contribution in [0.5, 0.6) is 5.75 Å². The molecular weight excluding hydrogens is 276 g/mol. The standard InChI is InChI=1S/C14H16N2O5/c1-14(2)13(20)16-9-4-3-8(7-10(9)21-14)15-11(17)5-6-12(18)19/h3-4,7H,5-6H2,1-2H3,(H,15,17)(H,16,20)(H,18,19). The summed E-state index contributed by atoms with van der Waals surface area (Å²) in [5, 5.41) is 13.8. The van der Waals surface area contributed by atoms with E-state index in [9.17, 15) is 14.4 Å². The second-order valence-electron chi connectivity index (χ2n) is 5.22. The average molecular weight is 292 g/mol. The van der Waals surface area contributed by atoms with Crippen molar-refractivity contribution >= 4 is 29.2 Å². The maximum atomic E-state index is 11.7. The molecule has 2 amide bonds. The summed E-state index contributed by atoms with van der Waals surface area (Å²) in [4.78, 5) is 33.7. The molecule has 7 nitrogen and oxygen atoms in total. The number of hydrogen-bond acceptors (Lipinski definition) is 4. The SMILES string of the molecule is CC1(C)Oc2cc(NC(=O)CCC(=O)O)ccc2NC1=O. The van der Waals surface area contributed by atoms with Gasteiger partial charge in [-0.3, -0.25) is 14.4 Å². The highest BCUT2D eigenvalue weighted by atomic mass is 16.5. The van der Waals surface area contributed by atoms with Crippen LogP contribution >= 0.6 is 0 Å². The Morgan fingerprint density at radius 2 is 2.05 bits per heavy atom. The highest BCUT2D eigenvalue weighted by Gasteiger charge is 2.35. The number of ether oxygens (including phenoxy) is 1. The number of nitrogens with one attached hydrogen (secondary N) is 2. The van der Waals surface area contributed by atoms with Crippen LogP contribution in [0, 0.1) is 0 Å². The summed E-state index contributed by atoms with van der Waals surface area (Å²) < 4.78 is 5.59. The molecule has 0 saturated carbocycles. The summed E-state index contributed by atoms with van der Waals surface area (Å²) in [6.45, 7) is 3.28. The van der Waals surface area contributed by atoms with Crippen LogP contribution in [0.3, 0.4) is 0 Å². The molecule has 1 aromatic rings. The van der Waals surface area contributed by atoms with Crippen molar-refractivity contribution in [2.75, 3.05) is 10.6 Å². The van der Waals surface area contributed by atoms with Crippen LogP contribution in [-0.4, -0.2) is 28.5 Å². The fourth-order valence-corrected chi connectivity index (χ4v) is 1.83. The Hall–Kier alpha value is -2.57. The minimum Gasteiger partial charge on any atom is -0.481 e. The number of carbonyl (C=O) groups excluding carboxylic acids is 2. The van der Waals surface area contributed by atoms with Crippen LogP contribution in [-0.2, 0) is 14.4 Å². The van der Waals surface area contributed by atoms with Gasteiger partial charge in [0.25, 0.3) is 5.91 Å². The van der Waals surface area contributed by atoms with Gasteiger partial charge in [0.15, 0.2) is 5.60 Å². The van der Waals surface area contributed by atoms with Gasteiger partial charge < -0.3 is 20.5 Å². The topological polar surface area (TPSA) is 105 Å². The van der Waals surface area contributed by atoms with E-state index in [1.807, 2.05) is 0 Å². The molecule has 7 heteroatoms. The highest BCUT2D eigenvalue weighted by molar-refractivity contribution is 6.01. The van der Waals surface area contributed by atoms with Gasteiger partial charge in [-0.2, -0.15) is 0 Å². The Kier molecular flexibility index (Phi) is 3.84. The zero-order chi connectivity index (χ0) is 15.6. The van der Waals surface area contributed by atoms with Crippen LogP contribution < -0.4 is 15.4 Å². The Balaban J connectivity index is 2.09. The molecule has 0 aliphatic carbocycles. The van der Waals surface area contributed by atoms with E-state index in [0.717, 1.165) is 0 Å². The van der Waals surface area contributed by atoms with Gasteiger partial charge in [-0.05, 0) is 26.0 Å². The van der Waals surface area contributed by atoms with E-state index >= 15 is 0 Å². The minimum absolute atomic E-state index is 0.102. The van der Waals surface area contributed by atoms with E-state index in [-0.39, 0.29) is 18.7 Å².